The molecule has 94 valence electrons. The number of nitrogens with one attached hydrogen (secondary N) is 1. The van der Waals surface area contributed by atoms with Crippen molar-refractivity contribution in [1.82, 2.24) is 10.2 Å². The van der Waals surface area contributed by atoms with Gasteiger partial charge in [0.15, 0.2) is 0 Å². The van der Waals surface area contributed by atoms with Crippen LogP contribution in [0, 0.1) is 0 Å². The van der Waals surface area contributed by atoms with Crippen molar-refractivity contribution >= 4 is 0 Å². The van der Waals surface area contributed by atoms with Crippen LogP contribution in [0.5, 0.6) is 0 Å². The standard InChI is InChI=1S/C13H26N2O/c1-2-15(11-12-5-3-8-14-12)9-7-13-6-4-10-16-13/h12-14H,2-11H2,1H3. The van der Waals surface area contributed by atoms with E-state index in [0.29, 0.717) is 6.10 Å². The van der Waals surface area contributed by atoms with Crippen molar-refractivity contribution in [2.24, 2.45) is 0 Å². The summed E-state index contributed by atoms with van der Waals surface area (Å²) in [5, 5.41) is 3.58. The zero-order valence-electron chi connectivity index (χ0n) is 10.6. The molecule has 3 nitrogen and oxygen atoms in total. The third-order valence-electron chi connectivity index (χ3n) is 3.88. The maximum absolute atomic E-state index is 5.68. The summed E-state index contributed by atoms with van der Waals surface area (Å²) in [4.78, 5) is 2.57. The summed E-state index contributed by atoms with van der Waals surface area (Å²) >= 11 is 0. The number of hydrogen-bond donors (Lipinski definition) is 1. The smallest absolute Gasteiger partial charge is 0.0588 e. The van der Waals surface area contributed by atoms with Crippen molar-refractivity contribution in [2.45, 2.75) is 51.2 Å². The van der Waals surface area contributed by atoms with Gasteiger partial charge in [-0.15, -0.1) is 0 Å². The Morgan fingerprint density at radius 1 is 1.31 bits per heavy atom. The summed E-state index contributed by atoms with van der Waals surface area (Å²) < 4.78 is 5.68. The van der Waals surface area contributed by atoms with Gasteiger partial charge in [0.1, 0.15) is 0 Å². The van der Waals surface area contributed by atoms with Crippen LogP contribution in [-0.4, -0.2) is 49.8 Å². The van der Waals surface area contributed by atoms with Crippen LogP contribution in [0.15, 0.2) is 0 Å². The highest BCUT2D eigenvalue weighted by Crippen LogP contribution is 2.16. The lowest BCUT2D eigenvalue weighted by atomic mass is 10.1. The van der Waals surface area contributed by atoms with Crippen molar-refractivity contribution in [2.75, 3.05) is 32.8 Å². The summed E-state index contributed by atoms with van der Waals surface area (Å²) in [6.07, 6.45) is 7.02. The first-order valence-corrected chi connectivity index (χ1v) is 6.96. The number of likely N-dealkylation sites (N-methyl/N-ethyl adjacent to an activating group) is 1. The Bertz CT molecular complexity index is 186. The largest absolute Gasteiger partial charge is 0.378 e. The van der Waals surface area contributed by atoms with Crippen molar-refractivity contribution in [3.63, 3.8) is 0 Å². The van der Waals surface area contributed by atoms with E-state index in [1.807, 2.05) is 0 Å². The number of hydrogen-bond acceptors (Lipinski definition) is 3. The molecule has 0 aromatic carbocycles. The van der Waals surface area contributed by atoms with E-state index in [1.54, 1.807) is 0 Å². The van der Waals surface area contributed by atoms with Crippen LogP contribution in [0.3, 0.4) is 0 Å². The maximum atomic E-state index is 5.68. The van der Waals surface area contributed by atoms with E-state index in [-0.39, 0.29) is 0 Å². The number of rotatable bonds is 6. The van der Waals surface area contributed by atoms with Gasteiger partial charge in [-0.25, -0.2) is 0 Å². The van der Waals surface area contributed by atoms with Crippen LogP contribution in [0.25, 0.3) is 0 Å². The molecule has 2 aliphatic heterocycles. The van der Waals surface area contributed by atoms with Gasteiger partial charge in [-0.05, 0) is 45.2 Å². The fourth-order valence-electron chi connectivity index (χ4n) is 2.80. The average Bonchev–Trinajstić information content (AvgIpc) is 2.97. The Balaban J connectivity index is 1.63. The van der Waals surface area contributed by atoms with E-state index in [1.165, 1.54) is 58.3 Å². The van der Waals surface area contributed by atoms with Crippen molar-refractivity contribution in [3.05, 3.63) is 0 Å². The average molecular weight is 226 g/mol. The predicted octanol–water partition coefficient (Wildman–Crippen LogP) is 1.63. The molecular formula is C13H26N2O. The van der Waals surface area contributed by atoms with Gasteiger partial charge >= 0.3 is 0 Å². The molecule has 2 atom stereocenters. The fraction of sp³-hybridized carbons (Fsp3) is 1.00. The number of ether oxygens (including phenoxy) is 1. The van der Waals surface area contributed by atoms with Gasteiger partial charge in [0.25, 0.3) is 0 Å². The Morgan fingerprint density at radius 3 is 2.88 bits per heavy atom. The first-order valence-electron chi connectivity index (χ1n) is 6.96. The van der Waals surface area contributed by atoms with Crippen LogP contribution in [-0.2, 0) is 4.74 Å². The van der Waals surface area contributed by atoms with Crippen molar-refractivity contribution in [1.29, 1.82) is 0 Å². The summed E-state index contributed by atoms with van der Waals surface area (Å²) in [7, 11) is 0. The molecule has 0 aromatic rings. The molecule has 0 spiro atoms. The van der Waals surface area contributed by atoms with Crippen LogP contribution < -0.4 is 5.32 Å². The van der Waals surface area contributed by atoms with Crippen LogP contribution in [0.4, 0.5) is 0 Å². The normalized spacial score (nSPS) is 30.4. The Kier molecular flexibility index (Phi) is 5.07. The summed E-state index contributed by atoms with van der Waals surface area (Å²) in [5.74, 6) is 0. The lowest BCUT2D eigenvalue weighted by molar-refractivity contribution is 0.0915. The van der Waals surface area contributed by atoms with Gasteiger partial charge in [0.2, 0.25) is 0 Å². The molecule has 2 rings (SSSR count). The summed E-state index contributed by atoms with van der Waals surface area (Å²) in [6, 6.07) is 0.740. The maximum Gasteiger partial charge on any atom is 0.0588 e. The second-order valence-corrected chi connectivity index (χ2v) is 5.11. The van der Waals surface area contributed by atoms with Crippen molar-refractivity contribution < 1.29 is 4.74 Å². The minimum atomic E-state index is 0.547. The zero-order valence-corrected chi connectivity index (χ0v) is 10.6. The van der Waals surface area contributed by atoms with E-state index in [2.05, 4.69) is 17.1 Å². The van der Waals surface area contributed by atoms with E-state index in [0.717, 1.165) is 12.6 Å². The van der Waals surface area contributed by atoms with E-state index >= 15 is 0 Å². The first-order chi connectivity index (χ1) is 7.88. The molecule has 0 saturated carbocycles. The quantitative estimate of drug-likeness (QED) is 0.745. The van der Waals surface area contributed by atoms with Gasteiger partial charge in [0.05, 0.1) is 6.10 Å². The highest BCUT2D eigenvalue weighted by Gasteiger charge is 2.19. The predicted molar refractivity (Wildman–Crippen MR) is 66.7 cm³/mol. The molecule has 0 aliphatic carbocycles. The molecule has 2 fully saturated rings. The van der Waals surface area contributed by atoms with Crippen molar-refractivity contribution in [3.8, 4) is 0 Å². The van der Waals surface area contributed by atoms with Gasteiger partial charge < -0.3 is 15.0 Å². The molecule has 2 heterocycles. The molecule has 0 bridgehead atoms. The topological polar surface area (TPSA) is 24.5 Å². The molecule has 1 N–H and O–H groups in total. The Labute approximate surface area is 99.5 Å². The molecule has 2 saturated heterocycles. The Morgan fingerprint density at radius 2 is 2.25 bits per heavy atom. The summed E-state index contributed by atoms with van der Waals surface area (Å²) in [6.45, 7) is 8.08. The molecule has 2 unspecified atom stereocenters. The molecule has 0 aromatic heterocycles. The van der Waals surface area contributed by atoms with Gasteiger partial charge in [-0.2, -0.15) is 0 Å². The van der Waals surface area contributed by atoms with Gasteiger partial charge in [0, 0.05) is 25.7 Å². The molecule has 3 heteroatoms. The minimum absolute atomic E-state index is 0.547. The molecule has 2 aliphatic rings. The Hall–Kier alpha value is -0.120. The second kappa shape index (κ2) is 6.58. The lowest BCUT2D eigenvalue weighted by Gasteiger charge is -2.25. The highest BCUT2D eigenvalue weighted by molar-refractivity contribution is 4.78. The monoisotopic (exact) mass is 226 g/mol. The lowest BCUT2D eigenvalue weighted by Crippen LogP contribution is -2.38. The zero-order chi connectivity index (χ0) is 11.2. The molecule has 0 amide bonds. The fourth-order valence-corrected chi connectivity index (χ4v) is 2.80. The molecule has 0 radical (unpaired) electrons. The second-order valence-electron chi connectivity index (χ2n) is 5.11. The molecular weight excluding hydrogens is 200 g/mol. The number of nitrogens with zero attached hydrogens (tertiary/aromatic N) is 1. The first kappa shape index (κ1) is 12.3. The third-order valence-corrected chi connectivity index (χ3v) is 3.88. The van der Waals surface area contributed by atoms with Gasteiger partial charge in [-0.3, -0.25) is 0 Å². The van der Waals surface area contributed by atoms with Crippen LogP contribution >= 0.6 is 0 Å². The van der Waals surface area contributed by atoms with Crippen LogP contribution in [0.2, 0.25) is 0 Å². The van der Waals surface area contributed by atoms with Gasteiger partial charge in [-0.1, -0.05) is 6.92 Å². The summed E-state index contributed by atoms with van der Waals surface area (Å²) in [5.41, 5.74) is 0. The van der Waals surface area contributed by atoms with E-state index in [4.69, 9.17) is 4.74 Å². The molecule has 16 heavy (non-hydrogen) atoms. The van der Waals surface area contributed by atoms with E-state index in [9.17, 15) is 0 Å². The van der Waals surface area contributed by atoms with E-state index < -0.39 is 0 Å². The SMILES string of the molecule is CCN(CCC1CCCO1)CC1CCCN1. The minimum Gasteiger partial charge on any atom is -0.378 e. The van der Waals surface area contributed by atoms with Crippen LogP contribution in [0.1, 0.15) is 39.0 Å². The highest BCUT2D eigenvalue weighted by atomic mass is 16.5. The third kappa shape index (κ3) is 3.72.